The topological polar surface area (TPSA) is 185 Å². The van der Waals surface area contributed by atoms with Crippen LogP contribution in [0.25, 0.3) is 10.8 Å². The first-order valence-electron chi connectivity index (χ1n) is 19.7. The van der Waals surface area contributed by atoms with E-state index in [0.29, 0.717) is 29.4 Å². The molecule has 0 radical (unpaired) electrons. The van der Waals surface area contributed by atoms with Gasteiger partial charge in [-0.2, -0.15) is 8.78 Å². The minimum Gasteiger partial charge on any atom is -0.494 e. The van der Waals surface area contributed by atoms with E-state index in [4.69, 9.17) is 9.47 Å². The molecule has 3 heterocycles. The largest absolute Gasteiger partial charge is 0.494 e. The van der Waals surface area contributed by atoms with Crippen LogP contribution in [0, 0.1) is 17.8 Å². The molecule has 1 unspecified atom stereocenters. The third-order valence-electron chi connectivity index (χ3n) is 12.6. The Labute approximate surface area is 335 Å². The molecule has 3 N–H and O–H groups in total. The van der Waals surface area contributed by atoms with Gasteiger partial charge in [0.25, 0.3) is 11.8 Å². The second-order valence-corrected chi connectivity index (χ2v) is 18.8. The van der Waals surface area contributed by atoms with Crippen molar-refractivity contribution in [1.82, 2.24) is 24.8 Å². The number of halogens is 3. The SMILES string of the molecule is CCC(C)N(C(=O)O)[C@@H]1C(=O)N2[C@@H](C[C@@](C)(Oc3ncc(OC)c4ccccc34)C2(F)F)C(=O)N[C@]2(C(=O)NS(=O)(=O)C3(CF)CC3)C[C@H]2/C=C\CC[C@H](C)C[C@H]1C. The molecule has 1 saturated heterocycles. The number of carboxylic acid groups (broad SMARTS) is 1. The number of rotatable bonds is 10. The number of methoxy groups -OCH3 is 1. The Balaban J connectivity index is 1.48. The minimum absolute atomic E-state index is 0.0122. The zero-order chi connectivity index (χ0) is 42.6. The maximum absolute atomic E-state index is 17.6. The Morgan fingerprint density at radius 3 is 2.43 bits per heavy atom. The van der Waals surface area contributed by atoms with Gasteiger partial charge in [-0.15, -0.1) is 0 Å². The predicted molar refractivity (Wildman–Crippen MR) is 206 cm³/mol. The molecular weight excluding hydrogens is 784 g/mol. The summed E-state index contributed by atoms with van der Waals surface area (Å²) in [6, 6.07) is -2.26. The molecule has 4 aliphatic rings. The van der Waals surface area contributed by atoms with E-state index >= 15 is 13.6 Å². The van der Waals surface area contributed by atoms with E-state index in [1.54, 1.807) is 57.2 Å². The third-order valence-corrected chi connectivity index (χ3v) is 14.7. The Morgan fingerprint density at radius 1 is 1.16 bits per heavy atom. The maximum atomic E-state index is 17.6. The van der Waals surface area contributed by atoms with Crippen LogP contribution in [0.3, 0.4) is 0 Å². The molecule has 2 aliphatic carbocycles. The van der Waals surface area contributed by atoms with Gasteiger partial charge < -0.3 is 19.9 Å². The fourth-order valence-electron chi connectivity index (χ4n) is 8.54. The van der Waals surface area contributed by atoms with Crippen LogP contribution >= 0.6 is 0 Å². The molecule has 6 rings (SSSR count). The lowest BCUT2D eigenvalue weighted by molar-refractivity contribution is -0.219. The van der Waals surface area contributed by atoms with E-state index in [1.807, 2.05) is 11.6 Å². The van der Waals surface area contributed by atoms with Crippen molar-refractivity contribution in [2.45, 2.75) is 126 Å². The summed E-state index contributed by atoms with van der Waals surface area (Å²) in [5, 5.41) is 13.8. The molecule has 8 atom stereocenters. The van der Waals surface area contributed by atoms with Crippen LogP contribution < -0.4 is 19.5 Å². The summed E-state index contributed by atoms with van der Waals surface area (Å²) < 4.78 is 87.1. The highest BCUT2D eigenvalue weighted by atomic mass is 32.2. The van der Waals surface area contributed by atoms with E-state index in [0.717, 1.165) is 11.8 Å². The number of alkyl halides is 3. The quantitative estimate of drug-likeness (QED) is 0.202. The number of pyridine rings is 1. The van der Waals surface area contributed by atoms with E-state index in [9.17, 15) is 32.3 Å². The lowest BCUT2D eigenvalue weighted by Crippen LogP contribution is -2.64. The first kappa shape index (κ1) is 43.0. The van der Waals surface area contributed by atoms with E-state index < -0.39 is 98.8 Å². The molecular formula is C40H52F3N5O9S. The number of nitrogens with one attached hydrogen (secondary N) is 2. The van der Waals surface area contributed by atoms with Crippen molar-refractivity contribution in [3.05, 3.63) is 42.6 Å². The molecule has 0 spiro atoms. The maximum Gasteiger partial charge on any atom is 0.408 e. The normalized spacial score (nSPS) is 31.7. The number of carbonyl (C=O) groups is 4. The summed E-state index contributed by atoms with van der Waals surface area (Å²) in [6.07, 6.45) is 3.75. The highest BCUT2D eigenvalue weighted by molar-refractivity contribution is 7.91. The van der Waals surface area contributed by atoms with Crippen molar-refractivity contribution >= 4 is 44.6 Å². The highest BCUT2D eigenvalue weighted by Gasteiger charge is 2.71. The smallest absolute Gasteiger partial charge is 0.408 e. The van der Waals surface area contributed by atoms with Crippen LogP contribution in [0.2, 0.25) is 0 Å². The van der Waals surface area contributed by atoms with Crippen LogP contribution in [-0.2, 0) is 24.4 Å². The van der Waals surface area contributed by atoms with Crippen molar-refractivity contribution in [2.24, 2.45) is 17.8 Å². The fraction of sp³-hybridized carbons (Fsp3) is 0.625. The minimum atomic E-state index is -4.54. The number of ether oxygens (including phenoxy) is 2. The van der Waals surface area contributed by atoms with Gasteiger partial charge >= 0.3 is 12.1 Å². The Bertz CT molecular complexity index is 2100. The van der Waals surface area contributed by atoms with Crippen LogP contribution in [0.5, 0.6) is 11.6 Å². The summed E-state index contributed by atoms with van der Waals surface area (Å²) >= 11 is 0. The first-order valence-corrected chi connectivity index (χ1v) is 21.2. The zero-order valence-corrected chi connectivity index (χ0v) is 34.3. The van der Waals surface area contributed by atoms with E-state index in [-0.39, 0.29) is 48.8 Å². The number of benzene rings is 1. The number of hydrogen-bond acceptors (Lipinski definition) is 9. The van der Waals surface area contributed by atoms with Gasteiger partial charge in [0.15, 0.2) is 5.60 Å². The van der Waals surface area contributed by atoms with Crippen LogP contribution in [0.15, 0.2) is 42.6 Å². The average molecular weight is 836 g/mol. The molecule has 18 heteroatoms. The number of hydrogen-bond donors (Lipinski definition) is 3. The number of amides is 4. The van der Waals surface area contributed by atoms with Crippen molar-refractivity contribution in [3.8, 4) is 11.6 Å². The van der Waals surface area contributed by atoms with Crippen molar-refractivity contribution < 1.29 is 55.3 Å². The molecule has 0 bridgehead atoms. The number of allylic oxidation sites excluding steroid dienone is 1. The predicted octanol–water partition coefficient (Wildman–Crippen LogP) is 5.56. The monoisotopic (exact) mass is 835 g/mol. The summed E-state index contributed by atoms with van der Waals surface area (Å²) in [5.74, 6) is -5.35. The molecule has 2 aliphatic heterocycles. The molecule has 4 amide bonds. The summed E-state index contributed by atoms with van der Waals surface area (Å²) in [7, 11) is -3.13. The number of nitrogens with zero attached hydrogens (tertiary/aromatic N) is 3. The molecule has 1 aromatic carbocycles. The van der Waals surface area contributed by atoms with Gasteiger partial charge in [0, 0.05) is 29.2 Å². The van der Waals surface area contributed by atoms with Crippen molar-refractivity contribution in [2.75, 3.05) is 13.8 Å². The third kappa shape index (κ3) is 7.33. The van der Waals surface area contributed by atoms with Gasteiger partial charge in [0.05, 0.1) is 13.3 Å². The van der Waals surface area contributed by atoms with Gasteiger partial charge in [-0.25, -0.2) is 22.6 Å². The van der Waals surface area contributed by atoms with Crippen LogP contribution in [-0.4, -0.2) is 106 Å². The number of aromatic nitrogens is 1. The van der Waals surface area contributed by atoms with Crippen molar-refractivity contribution in [3.63, 3.8) is 0 Å². The lowest BCUT2D eigenvalue weighted by Gasteiger charge is -2.42. The lowest BCUT2D eigenvalue weighted by atomic mass is 9.86. The van der Waals surface area contributed by atoms with Crippen molar-refractivity contribution in [1.29, 1.82) is 0 Å². The van der Waals surface area contributed by atoms with Gasteiger partial charge in [-0.1, -0.05) is 51.1 Å². The Hall–Kier alpha value is -4.61. The molecule has 58 heavy (non-hydrogen) atoms. The molecule has 3 fully saturated rings. The highest BCUT2D eigenvalue weighted by Crippen LogP contribution is 2.52. The van der Waals surface area contributed by atoms with Gasteiger partial charge in [-0.05, 0) is 76.7 Å². The van der Waals surface area contributed by atoms with Gasteiger partial charge in [0.1, 0.15) is 34.8 Å². The first-order chi connectivity index (χ1) is 27.2. The van der Waals surface area contributed by atoms with E-state index in [2.05, 4.69) is 10.3 Å². The number of sulfonamides is 1. The Morgan fingerprint density at radius 2 is 1.83 bits per heavy atom. The molecule has 2 aromatic rings. The second kappa shape index (κ2) is 15.5. The van der Waals surface area contributed by atoms with Crippen LogP contribution in [0.1, 0.15) is 86.0 Å². The molecule has 1 aromatic heterocycles. The summed E-state index contributed by atoms with van der Waals surface area (Å²) in [4.78, 5) is 61.8. The number of fused-ring (bicyclic) bond motifs is 3. The fourth-order valence-corrected chi connectivity index (χ4v) is 9.96. The van der Waals surface area contributed by atoms with Crippen LogP contribution in [0.4, 0.5) is 18.0 Å². The zero-order valence-electron chi connectivity index (χ0n) is 33.5. The molecule has 318 valence electrons. The number of carbonyl (C=O) groups excluding carboxylic acids is 3. The van der Waals surface area contributed by atoms with Gasteiger partial charge in [0.2, 0.25) is 21.8 Å². The average Bonchev–Trinajstić information content (AvgIpc) is 4.09. The summed E-state index contributed by atoms with van der Waals surface area (Å²) in [6.45, 7) is 6.57. The standard InChI is InChI=1S/C40H52F3N5O9S/c1-7-25(4)47(36(52)53)31-24(3)18-23(2)12-8-9-13-26-19-39(26,35(51)46-58(54,55)38(22-41)16-17-38)45-32(49)29-20-37(5,40(42,43)48(29)34(31)50)57-33-28-15-11-10-14-27(28)30(56-6)21-44-33/h9-11,13-15,21,23-26,29,31H,7-8,12,16-20,22H2,1-6H3,(H,45,49)(H,46,51)(H,52,53)/b13-9-/t23-,24+,25?,26+,29-,31-,37+,39+/m0/s1. The van der Waals surface area contributed by atoms with Gasteiger partial charge in [-0.3, -0.25) is 28.9 Å². The summed E-state index contributed by atoms with van der Waals surface area (Å²) in [5.41, 5.74) is -4.62. The molecule has 14 nitrogen and oxygen atoms in total. The Kier molecular flexibility index (Phi) is 11.5. The van der Waals surface area contributed by atoms with E-state index in [1.165, 1.54) is 13.3 Å². The molecule has 2 saturated carbocycles. The second-order valence-electron chi connectivity index (χ2n) is 16.7.